The smallest absolute Gasteiger partial charge is 0.123 e. The summed E-state index contributed by atoms with van der Waals surface area (Å²) in [6.45, 7) is 4.32. The van der Waals surface area contributed by atoms with E-state index in [1.807, 2.05) is 0 Å². The summed E-state index contributed by atoms with van der Waals surface area (Å²) in [7, 11) is 0. The number of ether oxygens (including phenoxy) is 1. The average Bonchev–Trinajstić information content (AvgIpc) is 2.71. The van der Waals surface area contributed by atoms with E-state index in [1.54, 1.807) is 0 Å². The summed E-state index contributed by atoms with van der Waals surface area (Å²) in [5.74, 6) is 1.08. The Bertz CT molecular complexity index is 389. The maximum absolute atomic E-state index is 6.24. The number of benzene rings is 1. The van der Waals surface area contributed by atoms with Gasteiger partial charge in [-0.1, -0.05) is 31.0 Å². The molecule has 2 rings (SSSR count). The Morgan fingerprint density at radius 3 is 3.00 bits per heavy atom. The highest BCUT2D eigenvalue weighted by Crippen LogP contribution is 2.31. The molecule has 1 aromatic carbocycles. The molecule has 0 aromatic heterocycles. The van der Waals surface area contributed by atoms with Gasteiger partial charge >= 0.3 is 0 Å². The number of hydrogen-bond acceptors (Lipinski definition) is 1. The number of fused-ring (bicyclic) bond motifs is 1. The fraction of sp³-hybridized carbons (Fsp3) is 0.625. The second-order valence-electron chi connectivity index (χ2n) is 5.37. The number of halogens is 1. The van der Waals surface area contributed by atoms with Gasteiger partial charge in [-0.25, -0.2) is 0 Å². The topological polar surface area (TPSA) is 9.23 Å². The number of hydrogen-bond donors (Lipinski definition) is 0. The summed E-state index contributed by atoms with van der Waals surface area (Å²) in [5.41, 5.74) is 2.69. The molecule has 1 aliphatic heterocycles. The van der Waals surface area contributed by atoms with Gasteiger partial charge in [-0.05, 0) is 44.2 Å². The Balaban J connectivity index is 1.74. The third-order valence-electron chi connectivity index (χ3n) is 3.60. The van der Waals surface area contributed by atoms with Crippen LogP contribution in [0.2, 0.25) is 0 Å². The Hall–Kier alpha value is -0.690. The number of rotatable bonds is 6. The molecular weight excluding hydrogens is 244 g/mol. The van der Waals surface area contributed by atoms with Crippen LogP contribution in [0.15, 0.2) is 18.2 Å². The third-order valence-corrected chi connectivity index (χ3v) is 4.04. The third kappa shape index (κ3) is 3.65. The van der Waals surface area contributed by atoms with Crippen LogP contribution in [0.5, 0.6) is 5.75 Å². The standard InChI is InChI=1S/C16H23ClO/c1-3-5-14(17)6-4-7-15-11-13-10-12(2)8-9-16(13)18-15/h8-10,14-15H,3-7,11H2,1-2H3. The largest absolute Gasteiger partial charge is 0.490 e. The molecule has 1 aromatic rings. The monoisotopic (exact) mass is 266 g/mol. The molecule has 0 fully saturated rings. The van der Waals surface area contributed by atoms with E-state index in [1.165, 1.54) is 24.0 Å². The lowest BCUT2D eigenvalue weighted by atomic mass is 10.0. The fourth-order valence-corrected chi connectivity index (χ4v) is 3.01. The molecule has 1 aliphatic rings. The highest BCUT2D eigenvalue weighted by atomic mass is 35.5. The average molecular weight is 267 g/mol. The van der Waals surface area contributed by atoms with Gasteiger partial charge in [0, 0.05) is 11.8 Å². The number of alkyl halides is 1. The van der Waals surface area contributed by atoms with Crippen LogP contribution in [-0.2, 0) is 6.42 Å². The Labute approximate surface area is 115 Å². The number of aryl methyl sites for hydroxylation is 1. The van der Waals surface area contributed by atoms with Crippen molar-refractivity contribution in [1.82, 2.24) is 0 Å². The van der Waals surface area contributed by atoms with Gasteiger partial charge in [0.25, 0.3) is 0 Å². The van der Waals surface area contributed by atoms with E-state index in [2.05, 4.69) is 32.0 Å². The zero-order chi connectivity index (χ0) is 13.0. The molecule has 2 unspecified atom stereocenters. The Morgan fingerprint density at radius 1 is 1.39 bits per heavy atom. The lowest BCUT2D eigenvalue weighted by Gasteiger charge is -2.12. The molecule has 0 amide bonds. The van der Waals surface area contributed by atoms with Crippen molar-refractivity contribution in [3.8, 4) is 5.75 Å². The first-order valence-corrected chi connectivity index (χ1v) is 7.53. The molecule has 2 heteroatoms. The van der Waals surface area contributed by atoms with E-state index in [-0.39, 0.29) is 0 Å². The van der Waals surface area contributed by atoms with Gasteiger partial charge in [0.15, 0.2) is 0 Å². The molecule has 1 heterocycles. The Morgan fingerprint density at radius 2 is 2.22 bits per heavy atom. The van der Waals surface area contributed by atoms with Crippen LogP contribution in [0, 0.1) is 6.92 Å². The van der Waals surface area contributed by atoms with E-state index in [9.17, 15) is 0 Å². The molecule has 0 spiro atoms. The van der Waals surface area contributed by atoms with Gasteiger partial charge in [0.1, 0.15) is 11.9 Å². The van der Waals surface area contributed by atoms with E-state index in [0.29, 0.717) is 11.5 Å². The molecule has 1 nitrogen and oxygen atoms in total. The van der Waals surface area contributed by atoms with E-state index < -0.39 is 0 Å². The molecule has 0 N–H and O–H groups in total. The summed E-state index contributed by atoms with van der Waals surface area (Å²) in [6, 6.07) is 6.47. The summed E-state index contributed by atoms with van der Waals surface area (Å²) >= 11 is 6.24. The van der Waals surface area contributed by atoms with Crippen LogP contribution in [-0.4, -0.2) is 11.5 Å². The lowest BCUT2D eigenvalue weighted by Crippen LogP contribution is -2.13. The maximum Gasteiger partial charge on any atom is 0.123 e. The molecule has 100 valence electrons. The second-order valence-corrected chi connectivity index (χ2v) is 5.99. The van der Waals surface area contributed by atoms with Crippen molar-refractivity contribution in [3.05, 3.63) is 29.3 Å². The van der Waals surface area contributed by atoms with Crippen molar-refractivity contribution in [2.24, 2.45) is 0 Å². The first-order chi connectivity index (χ1) is 8.69. The van der Waals surface area contributed by atoms with Gasteiger partial charge < -0.3 is 4.74 Å². The summed E-state index contributed by atoms with van der Waals surface area (Å²) in [4.78, 5) is 0. The van der Waals surface area contributed by atoms with Crippen molar-refractivity contribution in [1.29, 1.82) is 0 Å². The quantitative estimate of drug-likeness (QED) is 0.667. The normalized spacial score (nSPS) is 19.4. The van der Waals surface area contributed by atoms with Gasteiger partial charge in [0.2, 0.25) is 0 Å². The molecule has 2 atom stereocenters. The summed E-state index contributed by atoms with van der Waals surface area (Å²) in [5, 5.41) is 0.348. The minimum absolute atomic E-state index is 0.348. The van der Waals surface area contributed by atoms with Crippen LogP contribution in [0.4, 0.5) is 0 Å². The van der Waals surface area contributed by atoms with Crippen LogP contribution < -0.4 is 4.74 Å². The van der Waals surface area contributed by atoms with E-state index in [0.717, 1.165) is 31.4 Å². The molecular formula is C16H23ClO. The molecule has 0 bridgehead atoms. The lowest BCUT2D eigenvalue weighted by molar-refractivity contribution is 0.216. The van der Waals surface area contributed by atoms with E-state index in [4.69, 9.17) is 16.3 Å². The highest BCUT2D eigenvalue weighted by Gasteiger charge is 2.22. The SMILES string of the molecule is CCCC(Cl)CCCC1Cc2cc(C)ccc2O1. The molecule has 0 aliphatic carbocycles. The summed E-state index contributed by atoms with van der Waals surface area (Å²) < 4.78 is 5.96. The predicted molar refractivity (Wildman–Crippen MR) is 77.7 cm³/mol. The van der Waals surface area contributed by atoms with Crippen LogP contribution in [0.1, 0.15) is 50.2 Å². The predicted octanol–water partition coefficient (Wildman–Crippen LogP) is 4.88. The van der Waals surface area contributed by atoms with E-state index >= 15 is 0 Å². The molecule has 0 radical (unpaired) electrons. The highest BCUT2D eigenvalue weighted by molar-refractivity contribution is 6.20. The molecule has 0 saturated carbocycles. The van der Waals surface area contributed by atoms with Gasteiger partial charge in [0.05, 0.1) is 0 Å². The van der Waals surface area contributed by atoms with Crippen LogP contribution in [0.25, 0.3) is 0 Å². The van der Waals surface area contributed by atoms with Crippen molar-refractivity contribution in [2.75, 3.05) is 0 Å². The minimum Gasteiger partial charge on any atom is -0.490 e. The summed E-state index contributed by atoms with van der Waals surface area (Å²) in [6.07, 6.45) is 7.16. The first-order valence-electron chi connectivity index (χ1n) is 7.09. The first kappa shape index (κ1) is 13.7. The van der Waals surface area contributed by atoms with Gasteiger partial charge in [-0.2, -0.15) is 0 Å². The second kappa shape index (κ2) is 6.47. The van der Waals surface area contributed by atoms with Gasteiger partial charge in [-0.3, -0.25) is 0 Å². The van der Waals surface area contributed by atoms with Crippen molar-refractivity contribution in [2.45, 2.75) is 63.9 Å². The molecule has 18 heavy (non-hydrogen) atoms. The fourth-order valence-electron chi connectivity index (χ4n) is 2.63. The zero-order valence-corrected chi connectivity index (χ0v) is 12.2. The van der Waals surface area contributed by atoms with Gasteiger partial charge in [-0.15, -0.1) is 11.6 Å². The van der Waals surface area contributed by atoms with Crippen molar-refractivity contribution >= 4 is 11.6 Å². The van der Waals surface area contributed by atoms with Crippen molar-refractivity contribution < 1.29 is 4.74 Å². The minimum atomic E-state index is 0.348. The van der Waals surface area contributed by atoms with Crippen molar-refractivity contribution in [3.63, 3.8) is 0 Å². The van der Waals surface area contributed by atoms with Crippen LogP contribution >= 0.6 is 11.6 Å². The zero-order valence-electron chi connectivity index (χ0n) is 11.4. The maximum atomic E-state index is 6.24. The van der Waals surface area contributed by atoms with Crippen LogP contribution in [0.3, 0.4) is 0 Å². The Kier molecular flexibility index (Phi) is 4.94. The molecule has 0 saturated heterocycles.